The Bertz CT molecular complexity index is 1150. The van der Waals surface area contributed by atoms with Crippen LogP contribution in [0.2, 0.25) is 5.02 Å². The molecule has 0 unspecified atom stereocenters. The van der Waals surface area contributed by atoms with E-state index >= 15 is 0 Å². The molecule has 152 valence electrons. The van der Waals surface area contributed by atoms with Gasteiger partial charge in [0.1, 0.15) is 5.54 Å². The minimum absolute atomic E-state index is 0.129. The zero-order chi connectivity index (χ0) is 20.8. The molecule has 1 spiro atoms. The summed E-state index contributed by atoms with van der Waals surface area (Å²) in [4.78, 5) is 44.3. The number of nitrogens with one attached hydrogen (secondary N) is 1. The summed E-state index contributed by atoms with van der Waals surface area (Å²) in [7, 11) is 0. The van der Waals surface area contributed by atoms with E-state index < -0.39 is 17.4 Å². The highest BCUT2D eigenvalue weighted by atomic mass is 35.5. The second-order valence-electron chi connectivity index (χ2n) is 8.64. The fourth-order valence-electron chi connectivity index (χ4n) is 6.19. The van der Waals surface area contributed by atoms with Crippen LogP contribution in [0, 0.1) is 18.8 Å². The molecule has 3 amide bonds. The van der Waals surface area contributed by atoms with Crippen molar-refractivity contribution in [3.05, 3.63) is 58.6 Å². The molecule has 6 rings (SSSR count). The molecule has 4 aliphatic rings. The number of hydrogen-bond donors (Lipinski definition) is 1. The zero-order valence-electron chi connectivity index (χ0n) is 16.4. The summed E-state index contributed by atoms with van der Waals surface area (Å²) in [6.45, 7) is 2.67. The second-order valence-corrected chi connectivity index (χ2v) is 9.05. The maximum absolute atomic E-state index is 13.8. The standard InChI is InChI=1S/C23H20ClN3O3/c1-12-8-9-15-13(11-12)23(22(30)25-15)19-18(17-7-4-10-26(17)23)20(28)27(21(19)29)16-6-3-2-5-14(16)24/h2-3,5-6,8-9,11,17-19H,4,7,10H2,1H3,(H,25,30)/t17-,18-,19+,23+/m1/s1. The number of halogens is 1. The topological polar surface area (TPSA) is 69.7 Å². The number of amides is 3. The largest absolute Gasteiger partial charge is 0.324 e. The molecule has 4 aliphatic heterocycles. The molecule has 2 aromatic carbocycles. The van der Waals surface area contributed by atoms with Gasteiger partial charge >= 0.3 is 0 Å². The van der Waals surface area contributed by atoms with Gasteiger partial charge in [0.05, 0.1) is 22.5 Å². The van der Waals surface area contributed by atoms with Gasteiger partial charge in [-0.25, -0.2) is 4.90 Å². The van der Waals surface area contributed by atoms with Crippen LogP contribution >= 0.6 is 11.6 Å². The first-order chi connectivity index (χ1) is 14.5. The third kappa shape index (κ3) is 1.96. The fourth-order valence-corrected chi connectivity index (χ4v) is 6.41. The van der Waals surface area contributed by atoms with Crippen LogP contribution < -0.4 is 10.2 Å². The molecular weight excluding hydrogens is 402 g/mol. The Morgan fingerprint density at radius 3 is 2.70 bits per heavy atom. The highest BCUT2D eigenvalue weighted by Gasteiger charge is 2.74. The van der Waals surface area contributed by atoms with E-state index in [1.54, 1.807) is 24.3 Å². The average Bonchev–Trinajstić information content (AvgIpc) is 3.42. The van der Waals surface area contributed by atoms with E-state index in [0.717, 1.165) is 29.7 Å². The van der Waals surface area contributed by atoms with E-state index in [-0.39, 0.29) is 23.8 Å². The van der Waals surface area contributed by atoms with Crippen molar-refractivity contribution in [1.29, 1.82) is 0 Å². The summed E-state index contributed by atoms with van der Waals surface area (Å²) in [6.07, 6.45) is 1.70. The Kier molecular flexibility index (Phi) is 3.58. The number of carbonyl (C=O) groups excluding carboxylic acids is 3. The number of benzene rings is 2. The maximum Gasteiger partial charge on any atom is 0.250 e. The lowest BCUT2D eigenvalue weighted by molar-refractivity contribution is -0.135. The van der Waals surface area contributed by atoms with Crippen LogP contribution in [0.15, 0.2) is 42.5 Å². The Morgan fingerprint density at radius 1 is 1.10 bits per heavy atom. The van der Waals surface area contributed by atoms with Gasteiger partial charge in [0.25, 0.3) is 0 Å². The molecule has 4 atom stereocenters. The number of anilines is 2. The Morgan fingerprint density at radius 2 is 1.90 bits per heavy atom. The number of carbonyl (C=O) groups is 3. The molecule has 0 aliphatic carbocycles. The van der Waals surface area contributed by atoms with Gasteiger partial charge in [0, 0.05) is 17.3 Å². The number of imide groups is 1. The lowest BCUT2D eigenvalue weighted by Crippen LogP contribution is -2.54. The zero-order valence-corrected chi connectivity index (χ0v) is 17.1. The van der Waals surface area contributed by atoms with Crippen LogP contribution in [0.3, 0.4) is 0 Å². The van der Waals surface area contributed by atoms with Gasteiger partial charge in [0.15, 0.2) is 0 Å². The Labute approximate surface area is 178 Å². The third-order valence-electron chi connectivity index (χ3n) is 7.24. The van der Waals surface area contributed by atoms with E-state index in [1.165, 1.54) is 4.90 Å². The predicted octanol–water partition coefficient (Wildman–Crippen LogP) is 3.08. The first-order valence-corrected chi connectivity index (χ1v) is 10.7. The van der Waals surface area contributed by atoms with Crippen molar-refractivity contribution >= 4 is 40.7 Å². The summed E-state index contributed by atoms with van der Waals surface area (Å²) >= 11 is 6.35. The predicted molar refractivity (Wildman–Crippen MR) is 112 cm³/mol. The third-order valence-corrected chi connectivity index (χ3v) is 7.56. The van der Waals surface area contributed by atoms with Crippen LogP contribution in [-0.4, -0.2) is 35.2 Å². The molecule has 6 nitrogen and oxygen atoms in total. The van der Waals surface area contributed by atoms with Gasteiger partial charge < -0.3 is 5.32 Å². The number of hydrogen-bond acceptors (Lipinski definition) is 4. The first kappa shape index (κ1) is 18.1. The van der Waals surface area contributed by atoms with Crippen LogP contribution in [0.1, 0.15) is 24.0 Å². The average molecular weight is 422 g/mol. The molecule has 0 saturated carbocycles. The van der Waals surface area contributed by atoms with Gasteiger partial charge in [-0.15, -0.1) is 0 Å². The maximum atomic E-state index is 13.8. The summed E-state index contributed by atoms with van der Waals surface area (Å²) < 4.78 is 0. The first-order valence-electron chi connectivity index (χ1n) is 10.3. The van der Waals surface area contributed by atoms with Crippen molar-refractivity contribution in [3.63, 3.8) is 0 Å². The number of aryl methyl sites for hydroxylation is 1. The van der Waals surface area contributed by atoms with E-state index in [2.05, 4.69) is 10.2 Å². The van der Waals surface area contributed by atoms with E-state index in [1.807, 2.05) is 25.1 Å². The van der Waals surface area contributed by atoms with Crippen LogP contribution in [0.5, 0.6) is 0 Å². The van der Waals surface area contributed by atoms with Crippen molar-refractivity contribution in [2.24, 2.45) is 11.8 Å². The van der Waals surface area contributed by atoms with Gasteiger partial charge in [-0.1, -0.05) is 41.4 Å². The van der Waals surface area contributed by atoms with Gasteiger partial charge in [-0.3, -0.25) is 19.3 Å². The summed E-state index contributed by atoms with van der Waals surface area (Å²) in [5.74, 6) is -2.09. The lowest BCUT2D eigenvalue weighted by Gasteiger charge is -2.36. The molecule has 3 saturated heterocycles. The summed E-state index contributed by atoms with van der Waals surface area (Å²) in [6, 6.07) is 12.6. The normalized spacial score (nSPS) is 32.0. The van der Waals surface area contributed by atoms with Gasteiger partial charge in [0.2, 0.25) is 17.7 Å². The molecule has 2 aromatic rings. The van der Waals surface area contributed by atoms with E-state index in [4.69, 9.17) is 11.6 Å². The van der Waals surface area contributed by atoms with Crippen LogP contribution in [0.4, 0.5) is 11.4 Å². The van der Waals surface area contributed by atoms with Crippen molar-refractivity contribution in [2.75, 3.05) is 16.8 Å². The molecule has 1 N–H and O–H groups in total. The molecular formula is C23H20ClN3O3. The quantitative estimate of drug-likeness (QED) is 0.718. The molecule has 0 aromatic heterocycles. The van der Waals surface area contributed by atoms with Crippen molar-refractivity contribution in [2.45, 2.75) is 31.3 Å². The fraction of sp³-hybridized carbons (Fsp3) is 0.348. The Hall–Kier alpha value is -2.70. The van der Waals surface area contributed by atoms with Crippen molar-refractivity contribution in [3.8, 4) is 0 Å². The van der Waals surface area contributed by atoms with Gasteiger partial charge in [-0.2, -0.15) is 0 Å². The lowest BCUT2D eigenvalue weighted by atomic mass is 9.75. The Balaban J connectivity index is 1.58. The minimum Gasteiger partial charge on any atom is -0.324 e. The number of rotatable bonds is 1. The SMILES string of the molecule is Cc1ccc2c(c1)[C@@]1(C(=O)N2)[C@@H]2C(=O)N(c3ccccc3Cl)C(=O)[C@@H]2[C@H]2CCCN21. The smallest absolute Gasteiger partial charge is 0.250 e. The minimum atomic E-state index is -1.14. The molecule has 7 heteroatoms. The highest BCUT2D eigenvalue weighted by Crippen LogP contribution is 2.60. The monoisotopic (exact) mass is 421 g/mol. The van der Waals surface area contributed by atoms with Crippen LogP contribution in [0.25, 0.3) is 0 Å². The summed E-state index contributed by atoms with van der Waals surface area (Å²) in [5, 5.41) is 3.35. The molecule has 0 radical (unpaired) electrons. The number of nitrogens with zero attached hydrogens (tertiary/aromatic N) is 2. The van der Waals surface area contributed by atoms with Crippen LogP contribution in [-0.2, 0) is 19.9 Å². The molecule has 30 heavy (non-hydrogen) atoms. The highest BCUT2D eigenvalue weighted by molar-refractivity contribution is 6.36. The molecule has 4 heterocycles. The van der Waals surface area contributed by atoms with Gasteiger partial charge in [-0.05, 0) is 44.5 Å². The second kappa shape index (κ2) is 5.93. The molecule has 3 fully saturated rings. The number of para-hydroxylation sites is 1. The van der Waals surface area contributed by atoms with Crippen molar-refractivity contribution in [1.82, 2.24) is 4.90 Å². The van der Waals surface area contributed by atoms with E-state index in [0.29, 0.717) is 17.3 Å². The van der Waals surface area contributed by atoms with Crippen molar-refractivity contribution < 1.29 is 14.4 Å². The molecule has 0 bridgehead atoms. The number of fused-ring (bicyclic) bond motifs is 7. The summed E-state index contributed by atoms with van der Waals surface area (Å²) in [5.41, 5.74) is 1.81. The van der Waals surface area contributed by atoms with E-state index in [9.17, 15) is 14.4 Å².